The Morgan fingerprint density at radius 1 is 1.23 bits per heavy atom. The maximum Gasteiger partial charge on any atom is 0.191 e. The van der Waals surface area contributed by atoms with E-state index in [-0.39, 0.29) is 12.5 Å². The van der Waals surface area contributed by atoms with Gasteiger partial charge in [0.2, 0.25) is 0 Å². The fraction of sp³-hybridized carbons (Fsp3) is 0.588. The number of benzene rings is 1. The standard InChI is InChI=1S/C17H29N3O2/c1-14(2)13-22-10-9-19-17(18-3)20-11-16(12-21)15-7-5-4-6-8-15/h4-8,14,16,21H,9-13H2,1-3H3,(H2,18,19,20). The number of nitrogens with one attached hydrogen (secondary N) is 2. The smallest absolute Gasteiger partial charge is 0.191 e. The molecule has 0 aliphatic carbocycles. The van der Waals surface area contributed by atoms with Gasteiger partial charge in [0.05, 0.1) is 13.2 Å². The molecule has 0 spiro atoms. The van der Waals surface area contributed by atoms with Gasteiger partial charge in [-0.15, -0.1) is 0 Å². The first-order chi connectivity index (χ1) is 10.7. The van der Waals surface area contributed by atoms with Gasteiger partial charge in [-0.05, 0) is 11.5 Å². The molecule has 0 aliphatic rings. The van der Waals surface area contributed by atoms with Crippen LogP contribution in [0.2, 0.25) is 0 Å². The molecule has 0 aliphatic heterocycles. The molecular weight excluding hydrogens is 278 g/mol. The second-order valence-corrected chi connectivity index (χ2v) is 5.64. The van der Waals surface area contributed by atoms with Gasteiger partial charge in [-0.2, -0.15) is 0 Å². The average Bonchev–Trinajstić information content (AvgIpc) is 2.53. The number of aliphatic hydroxyl groups excluding tert-OH is 1. The van der Waals surface area contributed by atoms with Gasteiger partial charge >= 0.3 is 0 Å². The van der Waals surface area contributed by atoms with Crippen LogP contribution in [0.3, 0.4) is 0 Å². The summed E-state index contributed by atoms with van der Waals surface area (Å²) in [5, 5.41) is 16.0. The molecule has 5 nitrogen and oxygen atoms in total. The van der Waals surface area contributed by atoms with Crippen molar-refractivity contribution >= 4 is 5.96 Å². The summed E-state index contributed by atoms with van der Waals surface area (Å²) in [5.41, 5.74) is 1.12. The van der Waals surface area contributed by atoms with Gasteiger partial charge in [-0.25, -0.2) is 0 Å². The van der Waals surface area contributed by atoms with Crippen molar-refractivity contribution < 1.29 is 9.84 Å². The van der Waals surface area contributed by atoms with Crippen LogP contribution in [0.1, 0.15) is 25.3 Å². The third kappa shape index (κ3) is 7.43. The number of hydrogen-bond donors (Lipinski definition) is 3. The van der Waals surface area contributed by atoms with Gasteiger partial charge in [0.15, 0.2) is 5.96 Å². The molecule has 124 valence electrons. The van der Waals surface area contributed by atoms with Crippen LogP contribution in [0.5, 0.6) is 0 Å². The van der Waals surface area contributed by atoms with Crippen LogP contribution in [0, 0.1) is 5.92 Å². The van der Waals surface area contributed by atoms with Crippen LogP contribution < -0.4 is 10.6 Å². The number of aliphatic hydroxyl groups is 1. The topological polar surface area (TPSA) is 65.9 Å². The van der Waals surface area contributed by atoms with Gasteiger partial charge in [0, 0.05) is 32.7 Å². The molecule has 0 fully saturated rings. The van der Waals surface area contributed by atoms with E-state index in [2.05, 4.69) is 29.5 Å². The van der Waals surface area contributed by atoms with E-state index in [1.807, 2.05) is 30.3 Å². The quantitative estimate of drug-likeness (QED) is 0.368. The van der Waals surface area contributed by atoms with Crippen molar-refractivity contribution in [3.63, 3.8) is 0 Å². The second-order valence-electron chi connectivity index (χ2n) is 5.64. The summed E-state index contributed by atoms with van der Waals surface area (Å²) < 4.78 is 5.52. The molecular formula is C17H29N3O2. The van der Waals surface area contributed by atoms with Gasteiger partial charge < -0.3 is 20.5 Å². The molecule has 1 unspecified atom stereocenters. The van der Waals surface area contributed by atoms with E-state index in [1.165, 1.54) is 0 Å². The highest BCUT2D eigenvalue weighted by molar-refractivity contribution is 5.79. The molecule has 0 bridgehead atoms. The summed E-state index contributed by atoms with van der Waals surface area (Å²) in [4.78, 5) is 4.18. The molecule has 1 aromatic carbocycles. The minimum absolute atomic E-state index is 0.0527. The zero-order valence-electron chi connectivity index (χ0n) is 13.9. The predicted molar refractivity (Wildman–Crippen MR) is 91.3 cm³/mol. The highest BCUT2D eigenvalue weighted by Gasteiger charge is 2.10. The monoisotopic (exact) mass is 307 g/mol. The summed E-state index contributed by atoms with van der Waals surface area (Å²) in [5.74, 6) is 1.33. The Morgan fingerprint density at radius 3 is 2.55 bits per heavy atom. The summed E-state index contributed by atoms with van der Waals surface area (Å²) in [6, 6.07) is 9.99. The van der Waals surface area contributed by atoms with Gasteiger partial charge in [0.25, 0.3) is 0 Å². The first-order valence-electron chi connectivity index (χ1n) is 7.85. The summed E-state index contributed by atoms with van der Waals surface area (Å²) in [6.45, 7) is 7.13. The van der Waals surface area contributed by atoms with E-state index in [4.69, 9.17) is 4.74 Å². The lowest BCUT2D eigenvalue weighted by Crippen LogP contribution is -2.41. The molecule has 1 aromatic rings. The average molecular weight is 307 g/mol. The Balaban J connectivity index is 2.30. The largest absolute Gasteiger partial charge is 0.396 e. The molecule has 22 heavy (non-hydrogen) atoms. The normalized spacial score (nSPS) is 13.2. The van der Waals surface area contributed by atoms with Gasteiger partial charge in [-0.3, -0.25) is 4.99 Å². The van der Waals surface area contributed by atoms with Crippen LogP contribution in [0.25, 0.3) is 0 Å². The number of ether oxygens (including phenoxy) is 1. The number of nitrogens with zero attached hydrogens (tertiary/aromatic N) is 1. The second kappa shape index (κ2) is 11.0. The van der Waals surface area contributed by atoms with Crippen LogP contribution in [0.4, 0.5) is 0 Å². The van der Waals surface area contributed by atoms with Crippen molar-refractivity contribution in [3.8, 4) is 0 Å². The van der Waals surface area contributed by atoms with E-state index in [9.17, 15) is 5.11 Å². The minimum Gasteiger partial charge on any atom is -0.396 e. The van der Waals surface area contributed by atoms with Crippen molar-refractivity contribution in [3.05, 3.63) is 35.9 Å². The Kier molecular flexibility index (Phi) is 9.26. The van der Waals surface area contributed by atoms with Crippen LogP contribution in [-0.4, -0.2) is 51.0 Å². The van der Waals surface area contributed by atoms with E-state index in [0.29, 0.717) is 25.6 Å². The summed E-state index contributed by atoms with van der Waals surface area (Å²) >= 11 is 0. The molecule has 5 heteroatoms. The van der Waals surface area contributed by atoms with Crippen LogP contribution in [-0.2, 0) is 4.74 Å². The highest BCUT2D eigenvalue weighted by Crippen LogP contribution is 2.13. The van der Waals surface area contributed by atoms with Crippen molar-refractivity contribution in [2.24, 2.45) is 10.9 Å². The first kappa shape index (κ1) is 18.5. The lowest BCUT2D eigenvalue weighted by Gasteiger charge is -2.18. The number of rotatable bonds is 9. The van der Waals surface area contributed by atoms with Crippen molar-refractivity contribution in [1.82, 2.24) is 10.6 Å². The minimum atomic E-state index is 0.0527. The van der Waals surface area contributed by atoms with Gasteiger partial charge in [0.1, 0.15) is 0 Å². The first-order valence-corrected chi connectivity index (χ1v) is 7.85. The predicted octanol–water partition coefficient (Wildman–Crippen LogP) is 1.60. The van der Waals surface area contributed by atoms with Gasteiger partial charge in [-0.1, -0.05) is 44.2 Å². The SMILES string of the molecule is CN=C(NCCOCC(C)C)NCC(CO)c1ccccc1. The van der Waals surface area contributed by atoms with Crippen LogP contribution in [0.15, 0.2) is 35.3 Å². The van der Waals surface area contributed by atoms with Crippen molar-refractivity contribution in [2.45, 2.75) is 19.8 Å². The number of guanidine groups is 1. The zero-order chi connectivity index (χ0) is 16.2. The Bertz CT molecular complexity index is 421. The maximum absolute atomic E-state index is 9.54. The van der Waals surface area contributed by atoms with Crippen LogP contribution >= 0.6 is 0 Å². The summed E-state index contributed by atoms with van der Waals surface area (Å²) in [7, 11) is 1.74. The highest BCUT2D eigenvalue weighted by atomic mass is 16.5. The Morgan fingerprint density at radius 2 is 1.95 bits per heavy atom. The fourth-order valence-corrected chi connectivity index (χ4v) is 2.01. The maximum atomic E-state index is 9.54. The molecule has 1 rings (SSSR count). The van der Waals surface area contributed by atoms with E-state index in [1.54, 1.807) is 7.05 Å². The Hall–Kier alpha value is -1.59. The third-order valence-electron chi connectivity index (χ3n) is 3.22. The Labute approximate surface area is 133 Å². The molecule has 0 saturated carbocycles. The lowest BCUT2D eigenvalue weighted by atomic mass is 10.0. The molecule has 1 atom stereocenters. The molecule has 0 aromatic heterocycles. The van der Waals surface area contributed by atoms with Crippen molar-refractivity contribution in [2.75, 3.05) is 40.0 Å². The fourth-order valence-electron chi connectivity index (χ4n) is 2.01. The molecule has 0 amide bonds. The number of hydrogen-bond acceptors (Lipinski definition) is 3. The molecule has 0 heterocycles. The van der Waals surface area contributed by atoms with E-state index in [0.717, 1.165) is 18.1 Å². The molecule has 3 N–H and O–H groups in total. The van der Waals surface area contributed by atoms with E-state index >= 15 is 0 Å². The zero-order valence-corrected chi connectivity index (χ0v) is 13.9. The summed E-state index contributed by atoms with van der Waals surface area (Å²) in [6.07, 6.45) is 0. The van der Waals surface area contributed by atoms with Crippen molar-refractivity contribution in [1.29, 1.82) is 0 Å². The number of aliphatic imine (C=N–C) groups is 1. The lowest BCUT2D eigenvalue weighted by molar-refractivity contribution is 0.114. The van der Waals surface area contributed by atoms with E-state index < -0.39 is 0 Å². The third-order valence-corrected chi connectivity index (χ3v) is 3.22. The molecule has 0 radical (unpaired) electrons. The molecule has 0 saturated heterocycles.